The number of aromatic nitrogens is 2. The number of carbonyl (C=O) groups excluding carboxylic acids is 1. The second kappa shape index (κ2) is 9.67. The summed E-state index contributed by atoms with van der Waals surface area (Å²) in [6.45, 7) is 5.69. The first-order valence-electron chi connectivity index (χ1n) is 10.9. The van der Waals surface area contributed by atoms with E-state index in [-0.39, 0.29) is 23.0 Å². The molecule has 0 aliphatic carbocycles. The SMILES string of the molecule is Cc1cc(C)c(Oc2nc(-c3cccc(O)c3)ccc2C(=O)NS(=O)(=O)c2cccc(N)n2)c(C)c1. The number of hydrogen-bond acceptors (Lipinski definition) is 8. The number of nitrogens with one attached hydrogen (secondary N) is 1. The van der Waals surface area contributed by atoms with Crippen molar-refractivity contribution in [2.45, 2.75) is 25.8 Å². The number of hydrogen-bond donors (Lipinski definition) is 3. The van der Waals surface area contributed by atoms with Crippen molar-refractivity contribution < 1.29 is 23.1 Å². The summed E-state index contributed by atoms with van der Waals surface area (Å²) < 4.78 is 33.7. The van der Waals surface area contributed by atoms with E-state index in [0.29, 0.717) is 17.0 Å². The Hall–Kier alpha value is -4.44. The molecule has 4 N–H and O–H groups in total. The van der Waals surface area contributed by atoms with Crippen molar-refractivity contribution in [1.29, 1.82) is 0 Å². The molecule has 0 unspecified atom stereocenters. The number of phenolic OH excluding ortho intramolecular Hbond substituents is 1. The molecule has 1 amide bonds. The van der Waals surface area contributed by atoms with E-state index in [2.05, 4.69) is 9.97 Å². The Morgan fingerprint density at radius 1 is 0.944 bits per heavy atom. The molecule has 0 saturated heterocycles. The highest BCUT2D eigenvalue weighted by atomic mass is 32.2. The van der Waals surface area contributed by atoms with Crippen molar-refractivity contribution >= 4 is 21.7 Å². The van der Waals surface area contributed by atoms with Gasteiger partial charge >= 0.3 is 0 Å². The molecular formula is C26H24N4O5S. The summed E-state index contributed by atoms with van der Waals surface area (Å²) in [5.41, 5.74) is 9.17. The Labute approximate surface area is 208 Å². The smallest absolute Gasteiger partial charge is 0.281 e. The fourth-order valence-electron chi connectivity index (χ4n) is 3.75. The van der Waals surface area contributed by atoms with Gasteiger partial charge in [0.25, 0.3) is 15.9 Å². The molecule has 2 aromatic carbocycles. The van der Waals surface area contributed by atoms with Gasteiger partial charge in [-0.2, -0.15) is 8.42 Å². The summed E-state index contributed by atoms with van der Waals surface area (Å²) in [7, 11) is -4.32. The first-order chi connectivity index (χ1) is 17.0. The maximum atomic E-state index is 13.1. The number of sulfonamides is 1. The van der Waals surface area contributed by atoms with Gasteiger partial charge in [-0.1, -0.05) is 35.9 Å². The number of nitrogens with zero attached hydrogens (tertiary/aromatic N) is 2. The average Bonchev–Trinajstić information content (AvgIpc) is 2.81. The normalized spacial score (nSPS) is 11.2. The molecule has 184 valence electrons. The van der Waals surface area contributed by atoms with Crippen molar-refractivity contribution in [3.8, 4) is 28.6 Å². The summed E-state index contributed by atoms with van der Waals surface area (Å²) >= 11 is 0. The number of aromatic hydroxyl groups is 1. The van der Waals surface area contributed by atoms with Gasteiger partial charge in [-0.25, -0.2) is 14.7 Å². The molecule has 0 fully saturated rings. The lowest BCUT2D eigenvalue weighted by atomic mass is 10.1. The highest BCUT2D eigenvalue weighted by Crippen LogP contribution is 2.33. The third kappa shape index (κ3) is 5.28. The fourth-order valence-corrected chi connectivity index (χ4v) is 4.69. The van der Waals surface area contributed by atoms with Crippen molar-refractivity contribution in [3.63, 3.8) is 0 Å². The van der Waals surface area contributed by atoms with Gasteiger partial charge in [-0.3, -0.25) is 4.79 Å². The number of nitrogen functional groups attached to an aromatic ring is 1. The van der Waals surface area contributed by atoms with Crippen LogP contribution in [0.4, 0.5) is 5.82 Å². The van der Waals surface area contributed by atoms with Crippen LogP contribution in [0.5, 0.6) is 17.4 Å². The average molecular weight is 505 g/mol. The number of benzene rings is 2. The molecule has 10 heteroatoms. The van der Waals surface area contributed by atoms with E-state index in [4.69, 9.17) is 10.5 Å². The minimum absolute atomic E-state index is 0.00296. The van der Waals surface area contributed by atoms with Gasteiger partial charge in [0, 0.05) is 5.56 Å². The van der Waals surface area contributed by atoms with Crippen LogP contribution in [0.15, 0.2) is 71.8 Å². The van der Waals surface area contributed by atoms with Crippen LogP contribution in [0.1, 0.15) is 27.0 Å². The van der Waals surface area contributed by atoms with Gasteiger partial charge in [-0.15, -0.1) is 0 Å². The van der Waals surface area contributed by atoms with Gasteiger partial charge in [-0.05, 0) is 68.3 Å². The number of phenols is 1. The van der Waals surface area contributed by atoms with Crippen molar-refractivity contribution in [2.75, 3.05) is 5.73 Å². The lowest BCUT2D eigenvalue weighted by Crippen LogP contribution is -2.31. The molecule has 0 atom stereocenters. The highest BCUT2D eigenvalue weighted by Gasteiger charge is 2.25. The largest absolute Gasteiger partial charge is 0.508 e. The minimum Gasteiger partial charge on any atom is -0.508 e. The highest BCUT2D eigenvalue weighted by molar-refractivity contribution is 7.90. The molecule has 0 saturated carbocycles. The van der Waals surface area contributed by atoms with Crippen LogP contribution in [0.3, 0.4) is 0 Å². The number of carbonyl (C=O) groups is 1. The Morgan fingerprint density at radius 3 is 2.31 bits per heavy atom. The van der Waals surface area contributed by atoms with Crippen LogP contribution in [0, 0.1) is 20.8 Å². The molecule has 36 heavy (non-hydrogen) atoms. The predicted octanol–water partition coefficient (Wildman–Crippen LogP) is 4.27. The van der Waals surface area contributed by atoms with E-state index in [1.54, 1.807) is 12.1 Å². The predicted molar refractivity (Wildman–Crippen MR) is 135 cm³/mol. The lowest BCUT2D eigenvalue weighted by molar-refractivity contribution is 0.0978. The molecular weight excluding hydrogens is 480 g/mol. The maximum absolute atomic E-state index is 13.1. The van der Waals surface area contributed by atoms with Crippen molar-refractivity contribution in [3.05, 3.63) is 89.0 Å². The number of aryl methyl sites for hydroxylation is 3. The molecule has 0 radical (unpaired) electrons. The Bertz CT molecular complexity index is 1560. The van der Waals surface area contributed by atoms with Gasteiger partial charge in [0.05, 0.1) is 5.69 Å². The lowest BCUT2D eigenvalue weighted by Gasteiger charge is -2.16. The molecule has 0 bridgehead atoms. The summed E-state index contributed by atoms with van der Waals surface area (Å²) in [6, 6.07) is 17.3. The zero-order valence-corrected chi connectivity index (χ0v) is 20.6. The molecule has 0 aliphatic heterocycles. The third-order valence-corrected chi connectivity index (χ3v) is 6.53. The summed E-state index contributed by atoms with van der Waals surface area (Å²) in [5.74, 6) is -0.511. The molecule has 4 rings (SSSR count). The summed E-state index contributed by atoms with van der Waals surface area (Å²) in [5, 5.41) is 9.48. The van der Waals surface area contributed by atoms with Gasteiger partial charge in [0.1, 0.15) is 22.9 Å². The fraction of sp³-hybridized carbons (Fsp3) is 0.115. The zero-order valence-electron chi connectivity index (χ0n) is 19.8. The number of nitrogens with two attached hydrogens (primary N) is 1. The molecule has 0 aliphatic rings. The Kier molecular flexibility index (Phi) is 6.63. The second-order valence-corrected chi connectivity index (χ2v) is 9.89. The molecule has 9 nitrogen and oxygen atoms in total. The summed E-state index contributed by atoms with van der Waals surface area (Å²) in [6.07, 6.45) is 0. The van der Waals surface area contributed by atoms with Gasteiger partial charge in [0.2, 0.25) is 5.88 Å². The topological polar surface area (TPSA) is 144 Å². The van der Waals surface area contributed by atoms with Crippen LogP contribution >= 0.6 is 0 Å². The second-order valence-electron chi connectivity index (χ2n) is 8.26. The number of rotatable bonds is 6. The van der Waals surface area contributed by atoms with Crippen LogP contribution in [0.2, 0.25) is 0 Å². The monoisotopic (exact) mass is 504 g/mol. The van der Waals surface area contributed by atoms with Crippen LogP contribution in [-0.2, 0) is 10.0 Å². The van der Waals surface area contributed by atoms with Crippen LogP contribution in [-0.4, -0.2) is 29.4 Å². The zero-order chi connectivity index (χ0) is 26.0. The molecule has 0 spiro atoms. The van der Waals surface area contributed by atoms with Crippen molar-refractivity contribution in [2.24, 2.45) is 0 Å². The number of pyridine rings is 2. The quantitative estimate of drug-likeness (QED) is 0.353. The summed E-state index contributed by atoms with van der Waals surface area (Å²) in [4.78, 5) is 21.4. The van der Waals surface area contributed by atoms with E-state index >= 15 is 0 Å². The van der Waals surface area contributed by atoms with Crippen molar-refractivity contribution in [1.82, 2.24) is 14.7 Å². The van der Waals surface area contributed by atoms with Crippen LogP contribution in [0.25, 0.3) is 11.3 Å². The number of ether oxygens (including phenoxy) is 1. The number of anilines is 1. The first kappa shape index (κ1) is 24.7. The van der Waals surface area contributed by atoms with E-state index in [1.165, 1.54) is 42.5 Å². The van der Waals surface area contributed by atoms with E-state index in [9.17, 15) is 18.3 Å². The number of amides is 1. The minimum atomic E-state index is -4.32. The third-order valence-electron chi connectivity index (χ3n) is 5.30. The van der Waals surface area contributed by atoms with Gasteiger partial charge < -0.3 is 15.6 Å². The first-order valence-corrected chi connectivity index (χ1v) is 12.4. The Morgan fingerprint density at radius 2 is 1.64 bits per heavy atom. The van der Waals surface area contributed by atoms with Gasteiger partial charge in [0.15, 0.2) is 5.03 Å². The Balaban J connectivity index is 1.78. The molecule has 2 heterocycles. The van der Waals surface area contributed by atoms with E-state index in [1.807, 2.05) is 37.6 Å². The van der Waals surface area contributed by atoms with E-state index < -0.39 is 21.0 Å². The van der Waals surface area contributed by atoms with Crippen LogP contribution < -0.4 is 15.2 Å². The maximum Gasteiger partial charge on any atom is 0.281 e. The van der Waals surface area contributed by atoms with E-state index in [0.717, 1.165) is 16.7 Å². The standard InChI is InChI=1S/C26H24N4O5S/c1-15-12-16(2)24(17(3)13-15)35-26-20(10-11-21(28-26)18-6-4-7-19(31)14-18)25(32)30-36(33,34)23-9-5-8-22(27)29-23/h4-14,31H,1-3H3,(H2,27,29)(H,30,32). The molecule has 2 aromatic heterocycles. The molecule has 4 aromatic rings.